The van der Waals surface area contributed by atoms with Gasteiger partial charge in [0.25, 0.3) is 0 Å². The molecule has 1 aromatic carbocycles. The first-order valence-corrected chi connectivity index (χ1v) is 3.87. The van der Waals surface area contributed by atoms with Gasteiger partial charge in [-0.1, -0.05) is 29.8 Å². The molecule has 1 aromatic heterocycles. The number of aromatic nitrogens is 1. The number of nitriles is 1. The predicted octanol–water partition coefficient (Wildman–Crippen LogP) is 2.62. The van der Waals surface area contributed by atoms with Crippen LogP contribution in [0, 0.1) is 11.5 Å². The number of halogens is 1. The highest BCUT2D eigenvalue weighted by atomic mass is 35.5. The van der Waals surface area contributed by atoms with Crippen molar-refractivity contribution in [3.8, 4) is 6.19 Å². The predicted molar refractivity (Wildman–Crippen MR) is 48.0 cm³/mol. The molecule has 0 aliphatic rings. The number of hydrogen-bond donors (Lipinski definition) is 0. The summed E-state index contributed by atoms with van der Waals surface area (Å²) in [7, 11) is 0. The smallest absolute Gasteiger partial charge is 0.190 e. The van der Waals surface area contributed by atoms with Crippen molar-refractivity contribution < 1.29 is 0 Å². The van der Waals surface area contributed by atoms with Crippen molar-refractivity contribution in [2.24, 2.45) is 0 Å². The third-order valence-corrected chi connectivity index (χ3v) is 2.04. The van der Waals surface area contributed by atoms with Gasteiger partial charge in [-0.05, 0) is 12.1 Å². The van der Waals surface area contributed by atoms with Gasteiger partial charge in [-0.2, -0.15) is 5.26 Å². The van der Waals surface area contributed by atoms with E-state index in [1.54, 1.807) is 6.07 Å². The summed E-state index contributed by atoms with van der Waals surface area (Å²) < 4.78 is 1.40. The van der Waals surface area contributed by atoms with Crippen LogP contribution >= 0.6 is 11.6 Å². The molecule has 2 aromatic rings. The molecule has 0 saturated carbocycles. The molecule has 58 valence electrons. The van der Waals surface area contributed by atoms with E-state index in [4.69, 9.17) is 16.9 Å². The van der Waals surface area contributed by atoms with E-state index >= 15 is 0 Å². The van der Waals surface area contributed by atoms with Crippen LogP contribution in [0.5, 0.6) is 0 Å². The molecule has 0 aliphatic carbocycles. The Bertz CT molecular complexity index is 465. The van der Waals surface area contributed by atoms with Gasteiger partial charge in [-0.15, -0.1) is 0 Å². The van der Waals surface area contributed by atoms with Gasteiger partial charge in [0.15, 0.2) is 6.19 Å². The van der Waals surface area contributed by atoms with Crippen molar-refractivity contribution in [2.75, 3.05) is 0 Å². The highest BCUT2D eigenvalue weighted by molar-refractivity contribution is 6.31. The summed E-state index contributed by atoms with van der Waals surface area (Å²) in [6.45, 7) is 0. The summed E-state index contributed by atoms with van der Waals surface area (Å²) in [6, 6.07) is 9.37. The summed E-state index contributed by atoms with van der Waals surface area (Å²) in [5.41, 5.74) is 0.852. The fraction of sp³-hybridized carbons (Fsp3) is 0. The number of benzene rings is 1. The molecule has 0 unspecified atom stereocenters. The van der Waals surface area contributed by atoms with Crippen LogP contribution < -0.4 is 0 Å². The molecule has 0 N–H and O–H groups in total. The first kappa shape index (κ1) is 7.20. The van der Waals surface area contributed by atoms with Crippen molar-refractivity contribution in [3.63, 3.8) is 0 Å². The van der Waals surface area contributed by atoms with E-state index in [1.165, 1.54) is 4.57 Å². The zero-order valence-corrected chi connectivity index (χ0v) is 6.92. The minimum atomic E-state index is 0.457. The van der Waals surface area contributed by atoms with E-state index < -0.39 is 0 Å². The van der Waals surface area contributed by atoms with Gasteiger partial charge in [0.05, 0.1) is 5.52 Å². The van der Waals surface area contributed by atoms with Crippen molar-refractivity contribution >= 4 is 22.5 Å². The fourth-order valence-electron chi connectivity index (χ4n) is 1.22. The molecular formula is C9H5ClN2. The maximum atomic E-state index is 8.73. The summed E-state index contributed by atoms with van der Waals surface area (Å²) in [5, 5.41) is 10.2. The lowest BCUT2D eigenvalue weighted by molar-refractivity contribution is 1.15. The first-order chi connectivity index (χ1) is 5.83. The molecule has 0 aliphatic heterocycles. The summed E-state index contributed by atoms with van der Waals surface area (Å²) in [5.74, 6) is 0. The molecule has 12 heavy (non-hydrogen) atoms. The number of nitrogens with zero attached hydrogens (tertiary/aromatic N) is 2. The molecule has 1 heterocycles. The molecular weight excluding hydrogens is 172 g/mol. The molecule has 0 bridgehead atoms. The highest BCUT2D eigenvalue weighted by Gasteiger charge is 2.03. The number of para-hydroxylation sites is 1. The minimum absolute atomic E-state index is 0.457. The molecule has 0 spiro atoms. The van der Waals surface area contributed by atoms with E-state index in [2.05, 4.69) is 0 Å². The summed E-state index contributed by atoms with van der Waals surface area (Å²) in [4.78, 5) is 0. The van der Waals surface area contributed by atoms with Gasteiger partial charge >= 0.3 is 0 Å². The van der Waals surface area contributed by atoms with Crippen LogP contribution in [-0.2, 0) is 0 Å². The van der Waals surface area contributed by atoms with Gasteiger partial charge < -0.3 is 0 Å². The van der Waals surface area contributed by atoms with E-state index in [0.29, 0.717) is 5.15 Å². The normalized spacial score (nSPS) is 10.0. The van der Waals surface area contributed by atoms with Gasteiger partial charge in [-0.3, -0.25) is 0 Å². The van der Waals surface area contributed by atoms with Gasteiger partial charge in [0.2, 0.25) is 0 Å². The van der Waals surface area contributed by atoms with Crippen molar-refractivity contribution in [1.82, 2.24) is 4.57 Å². The second-order valence-corrected chi connectivity index (χ2v) is 2.85. The second-order valence-electron chi connectivity index (χ2n) is 2.46. The fourth-order valence-corrected chi connectivity index (χ4v) is 1.47. The molecule has 0 fully saturated rings. The van der Waals surface area contributed by atoms with Crippen LogP contribution in [0.1, 0.15) is 0 Å². The third kappa shape index (κ3) is 0.876. The average Bonchev–Trinajstić information content (AvgIpc) is 2.40. The molecule has 2 nitrogen and oxygen atoms in total. The Morgan fingerprint density at radius 2 is 2.08 bits per heavy atom. The Hall–Kier alpha value is -1.46. The van der Waals surface area contributed by atoms with Crippen molar-refractivity contribution in [1.29, 1.82) is 5.26 Å². The quantitative estimate of drug-likeness (QED) is 0.607. The lowest BCUT2D eigenvalue weighted by Gasteiger charge is -1.91. The van der Waals surface area contributed by atoms with E-state index in [9.17, 15) is 0 Å². The lowest BCUT2D eigenvalue weighted by Crippen LogP contribution is -1.85. The summed E-state index contributed by atoms with van der Waals surface area (Å²) >= 11 is 5.81. The minimum Gasteiger partial charge on any atom is -0.236 e. The Labute approximate surface area is 74.6 Å². The Morgan fingerprint density at radius 3 is 2.83 bits per heavy atom. The van der Waals surface area contributed by atoms with Crippen LogP contribution in [0.25, 0.3) is 10.9 Å². The lowest BCUT2D eigenvalue weighted by atomic mass is 10.2. The van der Waals surface area contributed by atoms with E-state index in [0.717, 1.165) is 10.9 Å². The van der Waals surface area contributed by atoms with Crippen molar-refractivity contribution in [3.05, 3.63) is 35.5 Å². The van der Waals surface area contributed by atoms with Gasteiger partial charge in [0.1, 0.15) is 5.15 Å². The maximum absolute atomic E-state index is 8.73. The summed E-state index contributed by atoms with van der Waals surface area (Å²) in [6.07, 6.45) is 2.00. The molecule has 2 rings (SSSR count). The topological polar surface area (TPSA) is 28.7 Å². The third-order valence-electron chi connectivity index (χ3n) is 1.77. The van der Waals surface area contributed by atoms with Crippen LogP contribution in [0.15, 0.2) is 30.3 Å². The molecule has 0 atom stereocenters. The Morgan fingerprint density at radius 1 is 1.33 bits per heavy atom. The molecule has 3 heteroatoms. The van der Waals surface area contributed by atoms with Gasteiger partial charge in [-0.25, -0.2) is 4.57 Å². The number of fused-ring (bicyclic) bond motifs is 1. The van der Waals surface area contributed by atoms with Crippen LogP contribution in [0.4, 0.5) is 0 Å². The molecule has 0 saturated heterocycles. The SMILES string of the molecule is N#Cn1c(Cl)cc2ccccc21. The van der Waals surface area contributed by atoms with Crippen LogP contribution in [0.3, 0.4) is 0 Å². The average molecular weight is 177 g/mol. The first-order valence-electron chi connectivity index (χ1n) is 3.49. The largest absolute Gasteiger partial charge is 0.236 e. The molecule has 0 radical (unpaired) electrons. The van der Waals surface area contributed by atoms with E-state index in [-0.39, 0.29) is 0 Å². The maximum Gasteiger partial charge on any atom is 0.190 e. The number of rotatable bonds is 0. The standard InChI is InChI=1S/C9H5ClN2/c10-9-5-7-3-1-2-4-8(7)12(9)6-11/h1-5H. The Kier molecular flexibility index (Phi) is 1.53. The van der Waals surface area contributed by atoms with E-state index in [1.807, 2.05) is 30.5 Å². The zero-order chi connectivity index (χ0) is 8.55. The molecule has 0 amide bonds. The zero-order valence-electron chi connectivity index (χ0n) is 6.16. The second kappa shape index (κ2) is 2.54. The monoisotopic (exact) mass is 176 g/mol. The number of hydrogen-bond acceptors (Lipinski definition) is 1. The van der Waals surface area contributed by atoms with Crippen LogP contribution in [-0.4, -0.2) is 4.57 Å². The van der Waals surface area contributed by atoms with Gasteiger partial charge in [0, 0.05) is 5.39 Å². The van der Waals surface area contributed by atoms with Crippen molar-refractivity contribution in [2.45, 2.75) is 0 Å². The Balaban J connectivity index is 2.93. The van der Waals surface area contributed by atoms with Crippen LogP contribution in [0.2, 0.25) is 5.15 Å². The highest BCUT2D eigenvalue weighted by Crippen LogP contribution is 2.21.